The first-order valence-corrected chi connectivity index (χ1v) is 3.42. The van der Waals surface area contributed by atoms with Gasteiger partial charge in [0.2, 0.25) is 0 Å². The number of hydrogen-bond acceptors (Lipinski definition) is 0. The van der Waals surface area contributed by atoms with E-state index in [2.05, 4.69) is 17.8 Å². The van der Waals surface area contributed by atoms with Crippen LogP contribution in [-0.4, -0.2) is 0 Å². The van der Waals surface area contributed by atoms with Crippen molar-refractivity contribution in [1.82, 2.24) is 0 Å². The van der Waals surface area contributed by atoms with Gasteiger partial charge in [-0.25, -0.2) is 0 Å². The van der Waals surface area contributed by atoms with Crippen molar-refractivity contribution in [2.45, 2.75) is 27.2 Å². The van der Waals surface area contributed by atoms with Gasteiger partial charge in [-0.05, 0) is 13.8 Å². The summed E-state index contributed by atoms with van der Waals surface area (Å²) >= 11 is 0. The fourth-order valence-corrected chi connectivity index (χ4v) is 0.440. The van der Waals surface area contributed by atoms with E-state index in [1.807, 2.05) is 20.8 Å². The van der Waals surface area contributed by atoms with Gasteiger partial charge in [-0.2, -0.15) is 0 Å². The zero-order valence-electron chi connectivity index (χ0n) is 6.86. The largest absolute Gasteiger partial charge is 0.120 e. The van der Waals surface area contributed by atoms with Crippen LogP contribution < -0.4 is 0 Å². The van der Waals surface area contributed by atoms with Crippen molar-refractivity contribution in [3.8, 4) is 24.2 Å². The van der Waals surface area contributed by atoms with Crippen molar-refractivity contribution in [3.63, 3.8) is 0 Å². The molecule has 0 aliphatic rings. The van der Waals surface area contributed by atoms with Gasteiger partial charge in [0.05, 0.1) is 0 Å². The zero-order valence-corrected chi connectivity index (χ0v) is 6.86. The predicted molar refractivity (Wildman–Crippen MR) is 45.0 cm³/mol. The molecule has 0 N–H and O–H groups in total. The molecule has 1 atom stereocenters. The molecule has 1 unspecified atom stereocenters. The summed E-state index contributed by atoms with van der Waals surface area (Å²) < 4.78 is 0. The average Bonchev–Trinajstić information content (AvgIpc) is 1.87. The lowest BCUT2D eigenvalue weighted by Gasteiger charge is -1.93. The highest BCUT2D eigenvalue weighted by Crippen LogP contribution is 1.97. The fourth-order valence-electron chi connectivity index (χ4n) is 0.440. The molecule has 0 rings (SSSR count). The highest BCUT2D eigenvalue weighted by Gasteiger charge is 1.90. The third kappa shape index (κ3) is 5.26. The van der Waals surface area contributed by atoms with Crippen molar-refractivity contribution in [2.24, 2.45) is 5.92 Å². The standard InChI is InChI=1S/C10H13/c1-5-10(4)8-6-7-9(2)3/h1,10H,8H2,2-4H3. The summed E-state index contributed by atoms with van der Waals surface area (Å²) in [7, 11) is 0. The molecule has 0 nitrogen and oxygen atoms in total. The topological polar surface area (TPSA) is 0 Å². The first-order valence-electron chi connectivity index (χ1n) is 3.42. The Hall–Kier alpha value is -0.880. The van der Waals surface area contributed by atoms with Crippen molar-refractivity contribution in [1.29, 1.82) is 0 Å². The normalized spacial score (nSPS) is 11.5. The Morgan fingerprint density at radius 3 is 2.50 bits per heavy atom. The minimum absolute atomic E-state index is 0.284. The maximum atomic E-state index is 5.16. The van der Waals surface area contributed by atoms with E-state index in [-0.39, 0.29) is 5.92 Å². The number of rotatable bonds is 1. The summed E-state index contributed by atoms with van der Waals surface area (Å²) in [4.78, 5) is 0. The van der Waals surface area contributed by atoms with Gasteiger partial charge in [-0.3, -0.25) is 0 Å². The van der Waals surface area contributed by atoms with E-state index in [1.54, 1.807) is 0 Å². The molecule has 0 saturated carbocycles. The number of terminal acetylenes is 1. The van der Waals surface area contributed by atoms with Crippen LogP contribution in [0.1, 0.15) is 27.2 Å². The minimum Gasteiger partial charge on any atom is -0.120 e. The molecule has 1 radical (unpaired) electrons. The highest BCUT2D eigenvalue weighted by atomic mass is 13.9. The molecule has 53 valence electrons. The molecule has 0 bridgehead atoms. The summed E-state index contributed by atoms with van der Waals surface area (Å²) in [5.41, 5.74) is 0. The molecule has 0 aliphatic carbocycles. The molecule has 0 fully saturated rings. The van der Waals surface area contributed by atoms with Gasteiger partial charge in [0.15, 0.2) is 0 Å². The van der Waals surface area contributed by atoms with E-state index in [0.29, 0.717) is 0 Å². The lowest BCUT2D eigenvalue weighted by Crippen LogP contribution is -1.86. The van der Waals surface area contributed by atoms with Crippen LogP contribution in [0.2, 0.25) is 0 Å². The molecular formula is C10H13. The molecule has 0 aromatic carbocycles. The highest BCUT2D eigenvalue weighted by molar-refractivity contribution is 5.17. The fraction of sp³-hybridized carbons (Fsp3) is 0.500. The summed E-state index contributed by atoms with van der Waals surface area (Å²) in [5.74, 6) is 10.0. The second-order valence-electron chi connectivity index (χ2n) is 2.57. The third-order valence-electron chi connectivity index (χ3n) is 1.03. The molecule has 0 saturated heterocycles. The molecule has 0 aliphatic heterocycles. The first kappa shape index (κ1) is 9.12. The Labute approximate surface area is 64.0 Å². The molecule has 0 spiro atoms. The van der Waals surface area contributed by atoms with E-state index in [1.165, 1.54) is 0 Å². The average molecular weight is 133 g/mol. The van der Waals surface area contributed by atoms with Crippen molar-refractivity contribution in [2.75, 3.05) is 0 Å². The maximum absolute atomic E-state index is 5.16. The van der Waals surface area contributed by atoms with Crippen molar-refractivity contribution in [3.05, 3.63) is 5.92 Å². The van der Waals surface area contributed by atoms with E-state index in [4.69, 9.17) is 6.42 Å². The van der Waals surface area contributed by atoms with E-state index in [0.717, 1.165) is 12.3 Å². The van der Waals surface area contributed by atoms with Gasteiger partial charge < -0.3 is 0 Å². The van der Waals surface area contributed by atoms with E-state index in [9.17, 15) is 0 Å². The predicted octanol–water partition coefficient (Wildman–Crippen LogP) is 2.26. The van der Waals surface area contributed by atoms with Crippen LogP contribution in [0, 0.1) is 36.0 Å². The second-order valence-corrected chi connectivity index (χ2v) is 2.57. The Morgan fingerprint density at radius 2 is 2.10 bits per heavy atom. The van der Waals surface area contributed by atoms with Crippen LogP contribution in [0.4, 0.5) is 0 Å². The molecule has 0 heterocycles. The summed E-state index contributed by atoms with van der Waals surface area (Å²) in [6.07, 6.45) is 5.97. The van der Waals surface area contributed by atoms with Gasteiger partial charge >= 0.3 is 0 Å². The monoisotopic (exact) mass is 133 g/mol. The van der Waals surface area contributed by atoms with Crippen LogP contribution in [0.25, 0.3) is 0 Å². The Bertz CT molecular complexity index is 170. The number of hydrogen-bond donors (Lipinski definition) is 0. The second kappa shape index (κ2) is 4.95. The van der Waals surface area contributed by atoms with Crippen LogP contribution in [0.3, 0.4) is 0 Å². The quantitative estimate of drug-likeness (QED) is 0.481. The van der Waals surface area contributed by atoms with Crippen LogP contribution >= 0.6 is 0 Å². The van der Waals surface area contributed by atoms with Crippen LogP contribution in [0.5, 0.6) is 0 Å². The Kier molecular flexibility index (Phi) is 4.51. The summed E-state index contributed by atoms with van der Waals surface area (Å²) in [5, 5.41) is 0. The van der Waals surface area contributed by atoms with Gasteiger partial charge in [0.25, 0.3) is 0 Å². The molecule has 0 heteroatoms. The molecule has 0 aromatic rings. The SMILES string of the molecule is C#CC(C)CC#C[C](C)C. The summed E-state index contributed by atoms with van der Waals surface area (Å²) in [6.45, 7) is 5.99. The Balaban J connectivity index is 3.58. The smallest absolute Gasteiger partial charge is 0.0418 e. The van der Waals surface area contributed by atoms with Crippen molar-refractivity contribution < 1.29 is 0 Å². The van der Waals surface area contributed by atoms with Gasteiger partial charge in [-0.15, -0.1) is 18.3 Å². The zero-order chi connectivity index (χ0) is 7.98. The van der Waals surface area contributed by atoms with Crippen molar-refractivity contribution >= 4 is 0 Å². The minimum atomic E-state index is 0.284. The molecular weight excluding hydrogens is 120 g/mol. The van der Waals surface area contributed by atoms with Crippen LogP contribution in [0.15, 0.2) is 0 Å². The Morgan fingerprint density at radius 1 is 1.50 bits per heavy atom. The van der Waals surface area contributed by atoms with E-state index < -0.39 is 0 Å². The van der Waals surface area contributed by atoms with Gasteiger partial charge in [0.1, 0.15) is 0 Å². The van der Waals surface area contributed by atoms with Gasteiger partial charge in [-0.1, -0.05) is 12.8 Å². The van der Waals surface area contributed by atoms with Crippen LogP contribution in [-0.2, 0) is 0 Å². The van der Waals surface area contributed by atoms with Gasteiger partial charge in [0, 0.05) is 18.3 Å². The maximum Gasteiger partial charge on any atom is 0.0418 e. The molecule has 10 heavy (non-hydrogen) atoms. The lowest BCUT2D eigenvalue weighted by molar-refractivity contribution is 0.790. The summed E-state index contributed by atoms with van der Waals surface area (Å²) in [6, 6.07) is 0. The third-order valence-corrected chi connectivity index (χ3v) is 1.03. The van der Waals surface area contributed by atoms with E-state index >= 15 is 0 Å². The first-order chi connectivity index (χ1) is 4.66. The lowest BCUT2D eigenvalue weighted by atomic mass is 10.1. The molecule has 0 aromatic heterocycles. The molecule has 0 amide bonds.